The van der Waals surface area contributed by atoms with E-state index >= 15 is 0 Å². The minimum atomic E-state index is -3.70. The number of H-pyrrole nitrogens is 1. The Balaban J connectivity index is 1.89. The third-order valence-electron chi connectivity index (χ3n) is 4.00. The minimum Gasteiger partial charge on any atom is -0.314 e. The molecular formula is C16H22N6O2S2. The van der Waals surface area contributed by atoms with Gasteiger partial charge in [0.05, 0.1) is 15.8 Å². The lowest BCUT2D eigenvalue weighted by Crippen LogP contribution is -2.29. The van der Waals surface area contributed by atoms with Gasteiger partial charge in [-0.15, -0.1) is 21.5 Å². The lowest BCUT2D eigenvalue weighted by atomic mass is 10.3. The summed E-state index contributed by atoms with van der Waals surface area (Å²) >= 11 is 1.41. The van der Waals surface area contributed by atoms with Gasteiger partial charge in [0.15, 0.2) is 5.82 Å². The van der Waals surface area contributed by atoms with Crippen molar-refractivity contribution in [3.05, 3.63) is 34.9 Å². The van der Waals surface area contributed by atoms with Crippen LogP contribution in [-0.2, 0) is 10.0 Å². The fourth-order valence-electron chi connectivity index (χ4n) is 2.71. The number of nitrogens with zero attached hydrogens (tertiary/aromatic N) is 4. The summed E-state index contributed by atoms with van der Waals surface area (Å²) in [4.78, 5) is 1.79. The normalized spacial score (nSPS) is 13.5. The second kappa shape index (κ2) is 6.93. The summed E-state index contributed by atoms with van der Waals surface area (Å²) in [6.07, 6.45) is 1.61. The van der Waals surface area contributed by atoms with Gasteiger partial charge >= 0.3 is 0 Å². The van der Waals surface area contributed by atoms with Crippen LogP contribution in [0.1, 0.15) is 49.3 Å². The number of thiophene rings is 1. The molecule has 3 aromatic heterocycles. The molecule has 0 saturated heterocycles. The van der Waals surface area contributed by atoms with Crippen LogP contribution in [0.5, 0.6) is 0 Å². The number of hydrogen-bond acceptors (Lipinski definition) is 6. The SMILES string of the molecule is Cc1cc(-c2cc(S(=O)(=O)N[C@@H](C)c3nncn3C(C)C)c(C)s2)n[nH]1. The number of hydrogen-bond donors (Lipinski definition) is 2. The van der Waals surface area contributed by atoms with E-state index in [4.69, 9.17) is 0 Å². The highest BCUT2D eigenvalue weighted by Gasteiger charge is 2.26. The molecular weight excluding hydrogens is 372 g/mol. The van der Waals surface area contributed by atoms with Crippen molar-refractivity contribution in [3.8, 4) is 10.6 Å². The van der Waals surface area contributed by atoms with Crippen LogP contribution in [0.25, 0.3) is 10.6 Å². The minimum absolute atomic E-state index is 0.143. The van der Waals surface area contributed by atoms with E-state index in [2.05, 4.69) is 25.1 Å². The van der Waals surface area contributed by atoms with E-state index in [1.165, 1.54) is 11.3 Å². The standard InChI is InChI=1S/C16H22N6O2S2/c1-9(2)22-8-17-20-16(22)11(4)21-26(23,24)15-7-14(25-12(15)5)13-6-10(3)18-19-13/h6-9,11,21H,1-5H3,(H,18,19)/t11-/m0/s1. The summed E-state index contributed by atoms with van der Waals surface area (Å²) in [5.41, 5.74) is 1.67. The predicted molar refractivity (Wildman–Crippen MR) is 101 cm³/mol. The van der Waals surface area contributed by atoms with Crippen LogP contribution in [0.4, 0.5) is 0 Å². The lowest BCUT2D eigenvalue weighted by Gasteiger charge is -2.16. The number of aromatic amines is 1. The molecule has 3 rings (SSSR count). The summed E-state index contributed by atoms with van der Waals surface area (Å²) in [5, 5.41) is 15.0. The van der Waals surface area contributed by atoms with Gasteiger partial charge in [0, 0.05) is 16.6 Å². The molecule has 0 spiro atoms. The fraction of sp³-hybridized carbons (Fsp3) is 0.438. The Morgan fingerprint density at radius 2 is 1.96 bits per heavy atom. The average molecular weight is 395 g/mol. The number of sulfonamides is 1. The molecule has 10 heteroatoms. The Bertz CT molecular complexity index is 1020. The monoisotopic (exact) mass is 394 g/mol. The van der Waals surface area contributed by atoms with Crippen LogP contribution in [0.3, 0.4) is 0 Å². The van der Waals surface area contributed by atoms with E-state index in [0.29, 0.717) is 10.7 Å². The molecule has 3 aromatic rings. The van der Waals surface area contributed by atoms with Gasteiger partial charge in [-0.3, -0.25) is 5.10 Å². The third kappa shape index (κ3) is 3.57. The second-order valence-electron chi connectivity index (χ2n) is 6.50. The van der Waals surface area contributed by atoms with Gasteiger partial charge in [-0.05, 0) is 46.8 Å². The number of rotatable bonds is 6. The van der Waals surface area contributed by atoms with Gasteiger partial charge < -0.3 is 4.57 Å². The molecule has 0 aliphatic carbocycles. The topological polar surface area (TPSA) is 106 Å². The molecule has 0 fully saturated rings. The first kappa shape index (κ1) is 18.7. The summed E-state index contributed by atoms with van der Waals surface area (Å²) in [6.45, 7) is 9.46. The van der Waals surface area contributed by atoms with Crippen molar-refractivity contribution in [2.75, 3.05) is 0 Å². The van der Waals surface area contributed by atoms with E-state index < -0.39 is 16.1 Å². The molecule has 0 amide bonds. The van der Waals surface area contributed by atoms with Crippen molar-refractivity contribution >= 4 is 21.4 Å². The molecule has 140 valence electrons. The van der Waals surface area contributed by atoms with E-state index in [9.17, 15) is 8.42 Å². The van der Waals surface area contributed by atoms with E-state index in [-0.39, 0.29) is 10.9 Å². The highest BCUT2D eigenvalue weighted by molar-refractivity contribution is 7.89. The molecule has 0 saturated carbocycles. The summed E-state index contributed by atoms with van der Waals surface area (Å²) in [6, 6.07) is 3.20. The van der Waals surface area contributed by atoms with Crippen LogP contribution >= 0.6 is 11.3 Å². The Labute approximate surface area is 156 Å². The lowest BCUT2D eigenvalue weighted by molar-refractivity contribution is 0.514. The molecule has 26 heavy (non-hydrogen) atoms. The molecule has 0 aliphatic heterocycles. The van der Waals surface area contributed by atoms with Gasteiger partial charge in [-0.25, -0.2) is 13.1 Å². The zero-order valence-electron chi connectivity index (χ0n) is 15.3. The zero-order chi connectivity index (χ0) is 19.1. The first-order valence-corrected chi connectivity index (χ1v) is 10.5. The maximum Gasteiger partial charge on any atom is 0.242 e. The first-order valence-electron chi connectivity index (χ1n) is 8.23. The van der Waals surface area contributed by atoms with Crippen molar-refractivity contribution in [2.24, 2.45) is 0 Å². The number of aryl methyl sites for hydroxylation is 2. The molecule has 0 unspecified atom stereocenters. The molecule has 0 aliphatic rings. The second-order valence-corrected chi connectivity index (χ2v) is 9.44. The maximum absolute atomic E-state index is 12.9. The van der Waals surface area contributed by atoms with Gasteiger partial charge in [0.2, 0.25) is 10.0 Å². The fourth-order valence-corrected chi connectivity index (χ4v) is 5.46. The van der Waals surface area contributed by atoms with Gasteiger partial charge in [-0.2, -0.15) is 5.10 Å². The number of nitrogens with one attached hydrogen (secondary N) is 2. The molecule has 8 nitrogen and oxygen atoms in total. The first-order chi connectivity index (χ1) is 12.2. The largest absolute Gasteiger partial charge is 0.314 e. The van der Waals surface area contributed by atoms with Gasteiger partial charge in [-0.1, -0.05) is 0 Å². The molecule has 3 heterocycles. The van der Waals surface area contributed by atoms with Crippen molar-refractivity contribution in [2.45, 2.75) is 51.6 Å². The maximum atomic E-state index is 12.9. The van der Waals surface area contributed by atoms with E-state index in [1.54, 1.807) is 26.2 Å². The Kier molecular flexibility index (Phi) is 5.00. The predicted octanol–water partition coefficient (Wildman–Crippen LogP) is 2.97. The Hall–Kier alpha value is -2.04. The van der Waals surface area contributed by atoms with Crippen molar-refractivity contribution in [1.29, 1.82) is 0 Å². The van der Waals surface area contributed by atoms with Crippen LogP contribution in [0.2, 0.25) is 0 Å². The molecule has 1 atom stereocenters. The van der Waals surface area contributed by atoms with Crippen LogP contribution < -0.4 is 4.72 Å². The smallest absolute Gasteiger partial charge is 0.242 e. The quantitative estimate of drug-likeness (QED) is 0.669. The molecule has 0 radical (unpaired) electrons. The Morgan fingerprint density at radius 1 is 1.23 bits per heavy atom. The van der Waals surface area contributed by atoms with Crippen LogP contribution in [-0.4, -0.2) is 33.4 Å². The van der Waals surface area contributed by atoms with Crippen molar-refractivity contribution < 1.29 is 8.42 Å². The zero-order valence-corrected chi connectivity index (χ0v) is 16.9. The summed E-state index contributed by atoms with van der Waals surface area (Å²) in [7, 11) is -3.70. The summed E-state index contributed by atoms with van der Waals surface area (Å²) in [5.74, 6) is 0.583. The highest BCUT2D eigenvalue weighted by Crippen LogP contribution is 2.33. The molecule has 0 aromatic carbocycles. The van der Waals surface area contributed by atoms with E-state index in [0.717, 1.165) is 16.3 Å². The van der Waals surface area contributed by atoms with Gasteiger partial charge in [0.1, 0.15) is 12.0 Å². The van der Waals surface area contributed by atoms with Crippen molar-refractivity contribution in [1.82, 2.24) is 29.7 Å². The Morgan fingerprint density at radius 3 is 2.58 bits per heavy atom. The van der Waals surface area contributed by atoms with Crippen molar-refractivity contribution in [3.63, 3.8) is 0 Å². The van der Waals surface area contributed by atoms with E-state index in [1.807, 2.05) is 31.4 Å². The van der Waals surface area contributed by atoms with Gasteiger partial charge in [0.25, 0.3) is 0 Å². The summed E-state index contributed by atoms with van der Waals surface area (Å²) < 4.78 is 30.4. The van der Waals surface area contributed by atoms with Crippen LogP contribution in [0.15, 0.2) is 23.4 Å². The molecule has 2 N–H and O–H groups in total. The number of aromatic nitrogens is 5. The molecule has 0 bridgehead atoms. The third-order valence-corrected chi connectivity index (χ3v) is 6.87. The highest BCUT2D eigenvalue weighted by atomic mass is 32.2. The van der Waals surface area contributed by atoms with Crippen LogP contribution in [0, 0.1) is 13.8 Å². The average Bonchev–Trinajstić information content (AvgIpc) is 3.25.